The summed E-state index contributed by atoms with van der Waals surface area (Å²) >= 11 is 0. The molecule has 0 aliphatic carbocycles. The number of hydrogen-bond donors (Lipinski definition) is 4. The van der Waals surface area contributed by atoms with Gasteiger partial charge in [-0.15, -0.1) is 0 Å². The Morgan fingerprint density at radius 3 is 1.84 bits per heavy atom. The van der Waals surface area contributed by atoms with Crippen molar-refractivity contribution >= 4 is 24.0 Å². The maximum Gasteiger partial charge on any atom is 0.407 e. The summed E-state index contributed by atoms with van der Waals surface area (Å²) in [6.45, 7) is 12.2. The van der Waals surface area contributed by atoms with E-state index in [1.165, 1.54) is 14.2 Å². The van der Waals surface area contributed by atoms with E-state index in [4.69, 9.17) is 19.2 Å². The van der Waals surface area contributed by atoms with Crippen molar-refractivity contribution in [2.45, 2.75) is 109 Å². The van der Waals surface area contributed by atoms with Gasteiger partial charge in [0, 0.05) is 20.0 Å². The lowest BCUT2D eigenvalue weighted by molar-refractivity contribution is -0.303. The molecule has 3 aliphatic rings. The zero-order valence-corrected chi connectivity index (χ0v) is 36.2. The van der Waals surface area contributed by atoms with Gasteiger partial charge in [-0.1, -0.05) is 76.2 Å². The second-order valence-corrected chi connectivity index (χ2v) is 17.3. The molecule has 0 saturated carbocycles. The highest BCUT2D eigenvalue weighted by atomic mass is 16.7. The van der Waals surface area contributed by atoms with E-state index in [9.17, 15) is 24.3 Å². The van der Waals surface area contributed by atoms with Crippen LogP contribution in [0.25, 0.3) is 33.6 Å². The molecule has 4 N–H and O–H groups in total. The minimum atomic E-state index is -1.13. The zero-order valence-electron chi connectivity index (χ0n) is 36.2. The molecule has 0 radical (unpaired) electrons. The molecule has 16 heteroatoms. The smallest absolute Gasteiger partial charge is 0.407 e. The normalized spacial score (nSPS) is 23.7. The molecule has 16 nitrogen and oxygen atoms in total. The number of hydrogen-bond acceptors (Lipinski definition) is 9. The van der Waals surface area contributed by atoms with Crippen molar-refractivity contribution in [1.82, 2.24) is 40.0 Å². The number of imidazole rings is 2. The van der Waals surface area contributed by atoms with Crippen LogP contribution in [0.5, 0.6) is 0 Å². The van der Waals surface area contributed by atoms with Gasteiger partial charge in [0.25, 0.3) is 0 Å². The number of ether oxygens (including phenoxy) is 3. The van der Waals surface area contributed by atoms with Crippen LogP contribution in [0.4, 0.5) is 9.59 Å². The molecule has 5 heterocycles. The molecule has 2 aromatic heterocycles. The average Bonchev–Trinajstić information content (AvgIpc) is 4.06. The third-order valence-electron chi connectivity index (χ3n) is 12.1. The first kappa shape index (κ1) is 43.4. The second-order valence-electron chi connectivity index (χ2n) is 17.3. The van der Waals surface area contributed by atoms with Crippen LogP contribution in [0.2, 0.25) is 0 Å². The molecule has 0 unspecified atom stereocenters. The molecule has 3 fully saturated rings. The predicted molar refractivity (Wildman–Crippen MR) is 227 cm³/mol. The van der Waals surface area contributed by atoms with E-state index in [0.29, 0.717) is 24.6 Å². The Hall–Kier alpha value is -5.74. The number of amides is 4. The minimum absolute atomic E-state index is 0.0555. The van der Waals surface area contributed by atoms with Crippen LogP contribution in [-0.2, 0) is 23.8 Å². The number of rotatable bonds is 11. The Morgan fingerprint density at radius 1 is 0.820 bits per heavy atom. The number of carbonyl (C=O) groups is 4. The third-order valence-corrected chi connectivity index (χ3v) is 12.1. The SMILES string of the molecule is COC(=O)N[C@H](C(=O)N1CC2(C[C@H]1c1ncc(-c3ccc(-c4ccc(-c5cnc([C@@H]6CCCN6C(=O)[C@H](C(C)C)N(C)C(=O)O)[nH]5)cc4)cc3)[nH]1)O[C@@H](C)C[C@H](C)O2)C(C)C. The van der Waals surface area contributed by atoms with Crippen LogP contribution < -0.4 is 5.32 Å². The first-order valence-corrected chi connectivity index (χ1v) is 21.2. The topological polar surface area (TPSA) is 195 Å². The second kappa shape index (κ2) is 17.7. The van der Waals surface area contributed by atoms with Crippen molar-refractivity contribution in [1.29, 1.82) is 0 Å². The van der Waals surface area contributed by atoms with Gasteiger partial charge in [-0.05, 0) is 67.2 Å². The predicted octanol–water partition coefficient (Wildman–Crippen LogP) is 7.00. The molecule has 0 bridgehead atoms. The molecule has 61 heavy (non-hydrogen) atoms. The Balaban J connectivity index is 1.05. The van der Waals surface area contributed by atoms with E-state index in [-0.39, 0.29) is 48.4 Å². The van der Waals surface area contributed by atoms with Gasteiger partial charge in [-0.2, -0.15) is 0 Å². The standard InChI is InChI=1S/C45H58N8O8/c1-25(2)37(50-43(56)59-8)41(54)53-24-45(60-27(5)20-28(6)61-45)21-36(53)40-47-23-34(49-40)32-17-13-30(14-18-32)29-11-15-31(16-12-29)33-22-46-39(48-33)35-10-9-19-52(35)42(55)38(26(3)4)51(7)44(57)58/h11-18,22-23,25-28,35-38H,9-10,19-21,24H2,1-8H3,(H,46,48)(H,47,49)(H,50,56)(H,57,58)/t27-,28-,35-,36-,37-,38-/m0/s1. The Bertz CT molecular complexity index is 2190. The van der Waals surface area contributed by atoms with Crippen molar-refractivity contribution in [2.24, 2.45) is 11.8 Å². The summed E-state index contributed by atoms with van der Waals surface area (Å²) in [7, 11) is 2.72. The molecule has 326 valence electrons. The fraction of sp³-hybridized carbons (Fsp3) is 0.511. The van der Waals surface area contributed by atoms with Crippen LogP contribution in [0.3, 0.4) is 0 Å². The van der Waals surface area contributed by atoms with Crippen molar-refractivity contribution in [3.05, 3.63) is 72.6 Å². The number of aromatic nitrogens is 4. The quantitative estimate of drug-likeness (QED) is 0.122. The molecule has 3 aliphatic heterocycles. The van der Waals surface area contributed by atoms with Crippen LogP contribution in [0, 0.1) is 11.8 Å². The highest BCUT2D eigenvalue weighted by Crippen LogP contribution is 2.45. The monoisotopic (exact) mass is 838 g/mol. The third kappa shape index (κ3) is 9.01. The van der Waals surface area contributed by atoms with E-state index in [2.05, 4.69) is 44.5 Å². The van der Waals surface area contributed by atoms with Gasteiger partial charge in [0.1, 0.15) is 23.7 Å². The van der Waals surface area contributed by atoms with E-state index in [1.54, 1.807) is 22.2 Å². The minimum Gasteiger partial charge on any atom is -0.465 e. The lowest BCUT2D eigenvalue weighted by atomic mass is 10.0. The highest BCUT2D eigenvalue weighted by Gasteiger charge is 2.54. The first-order chi connectivity index (χ1) is 29.1. The molecule has 4 aromatic rings. The number of methoxy groups -OCH3 is 1. The van der Waals surface area contributed by atoms with E-state index in [0.717, 1.165) is 57.8 Å². The average molecular weight is 839 g/mol. The van der Waals surface area contributed by atoms with Gasteiger partial charge < -0.3 is 44.4 Å². The van der Waals surface area contributed by atoms with Crippen LogP contribution in [-0.4, -0.2) is 121 Å². The fourth-order valence-corrected chi connectivity index (χ4v) is 9.18. The van der Waals surface area contributed by atoms with E-state index < -0.39 is 36.1 Å². The molecule has 4 amide bonds. The van der Waals surface area contributed by atoms with Crippen molar-refractivity contribution in [2.75, 3.05) is 27.2 Å². The number of nitrogens with one attached hydrogen (secondary N) is 3. The van der Waals surface area contributed by atoms with Crippen LogP contribution in [0.15, 0.2) is 60.9 Å². The lowest BCUT2D eigenvalue weighted by Crippen LogP contribution is -2.53. The van der Waals surface area contributed by atoms with E-state index >= 15 is 0 Å². The molecular formula is C45H58N8O8. The van der Waals surface area contributed by atoms with Gasteiger partial charge in [0.2, 0.25) is 11.8 Å². The number of likely N-dealkylation sites (N-methyl/N-ethyl adjacent to an activating group) is 1. The summed E-state index contributed by atoms with van der Waals surface area (Å²) in [4.78, 5) is 72.8. The molecule has 2 aromatic carbocycles. The number of aromatic amines is 2. The maximum atomic E-state index is 14.2. The first-order valence-electron chi connectivity index (χ1n) is 21.2. The van der Waals surface area contributed by atoms with E-state index in [1.807, 2.05) is 65.8 Å². The van der Waals surface area contributed by atoms with Gasteiger partial charge in [-0.25, -0.2) is 19.6 Å². The van der Waals surface area contributed by atoms with Gasteiger partial charge in [0.05, 0.1) is 61.7 Å². The number of carbonyl (C=O) groups excluding carboxylic acids is 3. The summed E-state index contributed by atoms with van der Waals surface area (Å²) in [5, 5.41) is 12.3. The van der Waals surface area contributed by atoms with Gasteiger partial charge >= 0.3 is 12.2 Å². The van der Waals surface area contributed by atoms with Crippen LogP contribution in [0.1, 0.15) is 91.0 Å². The largest absolute Gasteiger partial charge is 0.465 e. The molecule has 3 saturated heterocycles. The van der Waals surface area contributed by atoms with Gasteiger partial charge in [0.15, 0.2) is 5.79 Å². The number of nitrogens with zero attached hydrogens (tertiary/aromatic N) is 5. The number of H-pyrrole nitrogens is 2. The van der Waals surface area contributed by atoms with Gasteiger partial charge in [-0.3, -0.25) is 14.5 Å². The lowest BCUT2D eigenvalue weighted by Gasteiger charge is -2.40. The van der Waals surface area contributed by atoms with Crippen molar-refractivity contribution < 1.29 is 38.5 Å². The summed E-state index contributed by atoms with van der Waals surface area (Å²) < 4.78 is 17.7. The zero-order chi connectivity index (χ0) is 43.7. The summed E-state index contributed by atoms with van der Waals surface area (Å²) in [6.07, 6.45) is 4.30. The molecule has 7 rings (SSSR count). The van der Waals surface area contributed by atoms with Crippen molar-refractivity contribution in [3.8, 4) is 33.6 Å². The molecular weight excluding hydrogens is 781 g/mol. The summed E-state index contributed by atoms with van der Waals surface area (Å²) in [6, 6.07) is 14.0. The maximum absolute atomic E-state index is 14.2. The number of alkyl carbamates (subject to hydrolysis) is 1. The number of carboxylic acid groups (broad SMARTS) is 1. The number of benzene rings is 2. The van der Waals surface area contributed by atoms with Crippen molar-refractivity contribution in [3.63, 3.8) is 0 Å². The Kier molecular flexibility index (Phi) is 12.6. The molecule has 6 atom stereocenters. The summed E-state index contributed by atoms with van der Waals surface area (Å²) in [5.41, 5.74) is 5.53. The molecule has 1 spiro atoms. The summed E-state index contributed by atoms with van der Waals surface area (Å²) in [5.74, 6) is -0.588. The fourth-order valence-electron chi connectivity index (χ4n) is 9.18. The number of likely N-dealkylation sites (tertiary alicyclic amines) is 2. The Morgan fingerprint density at radius 2 is 1.34 bits per heavy atom. The van der Waals surface area contributed by atoms with Crippen LogP contribution >= 0.6 is 0 Å². The highest BCUT2D eigenvalue weighted by molar-refractivity contribution is 5.87. The Labute approximate surface area is 356 Å².